The van der Waals surface area contributed by atoms with Gasteiger partial charge in [0.25, 0.3) is 5.52 Å². The van der Waals surface area contributed by atoms with E-state index < -0.39 is 0 Å². The van der Waals surface area contributed by atoms with Gasteiger partial charge in [0.15, 0.2) is 5.75 Å². The minimum atomic E-state index is 0. The second-order valence-corrected chi connectivity index (χ2v) is 9.68. The molecule has 0 fully saturated rings. The summed E-state index contributed by atoms with van der Waals surface area (Å²) in [6.07, 6.45) is 5.15. The van der Waals surface area contributed by atoms with Crippen molar-refractivity contribution in [3.8, 4) is 28.0 Å². The third kappa shape index (κ3) is 5.30. The molecular weight excluding hydrogens is 607 g/mol. The van der Waals surface area contributed by atoms with Crippen molar-refractivity contribution in [2.45, 2.75) is 33.7 Å². The van der Waals surface area contributed by atoms with E-state index in [0.717, 1.165) is 59.4 Å². The third-order valence-electron chi connectivity index (χ3n) is 7.33. The fourth-order valence-corrected chi connectivity index (χ4v) is 5.25. The maximum Gasteiger partial charge on any atom is 0.374 e. The first-order valence-corrected chi connectivity index (χ1v) is 13.8. The second kappa shape index (κ2) is 12.1. The number of nitrogens with zero attached hydrogens (tertiary/aromatic N) is 2. The highest BCUT2D eigenvalue weighted by atomic mass is 127. The van der Waals surface area contributed by atoms with E-state index in [1.54, 1.807) is 0 Å². The topological polar surface area (TPSA) is 29.5 Å². The van der Waals surface area contributed by atoms with Gasteiger partial charge >= 0.3 is 5.89 Å². The lowest BCUT2D eigenvalue weighted by molar-refractivity contribution is -0.674. The van der Waals surface area contributed by atoms with Gasteiger partial charge in [-0.15, -0.1) is 0 Å². The molecule has 0 unspecified atom stereocenters. The summed E-state index contributed by atoms with van der Waals surface area (Å²) in [5, 5.41) is 0. The summed E-state index contributed by atoms with van der Waals surface area (Å²) in [6.45, 7) is 8.12. The molecule has 0 N–H and O–H groups in total. The molecule has 0 aliphatic carbocycles. The Kier molecular flexibility index (Phi) is 8.40. The number of rotatable bonds is 7. The molecule has 202 valence electrons. The number of fused-ring (bicyclic) bond motifs is 2. The first-order valence-electron chi connectivity index (χ1n) is 13.8. The molecule has 6 rings (SSSR count). The number of oxazole rings is 1. The lowest BCUT2D eigenvalue weighted by Crippen LogP contribution is -3.00. The number of hydrogen-bond donors (Lipinski definition) is 0. The summed E-state index contributed by atoms with van der Waals surface area (Å²) in [7, 11) is 0. The van der Waals surface area contributed by atoms with Crippen LogP contribution >= 0.6 is 0 Å². The zero-order chi connectivity index (χ0) is 26.8. The second-order valence-electron chi connectivity index (χ2n) is 9.68. The number of allylic oxidation sites excluding steroid dienone is 2. The molecule has 4 aromatic carbocycles. The smallest absolute Gasteiger partial charge is 0.374 e. The van der Waals surface area contributed by atoms with Gasteiger partial charge in [0.05, 0.1) is 11.8 Å². The molecule has 0 spiro atoms. The predicted molar refractivity (Wildman–Crippen MR) is 159 cm³/mol. The van der Waals surface area contributed by atoms with Crippen LogP contribution in [-0.4, -0.2) is 6.54 Å². The summed E-state index contributed by atoms with van der Waals surface area (Å²) >= 11 is 0. The minimum Gasteiger partial charge on any atom is -1.00 e. The average molecular weight is 641 g/mol. The molecule has 2 heterocycles. The van der Waals surface area contributed by atoms with Gasteiger partial charge in [0, 0.05) is 18.7 Å². The normalized spacial score (nSPS) is 13.8. The number of benzene rings is 4. The van der Waals surface area contributed by atoms with Gasteiger partial charge < -0.3 is 38.0 Å². The lowest BCUT2D eigenvalue weighted by atomic mass is 10.0. The van der Waals surface area contributed by atoms with Crippen LogP contribution in [0, 0.1) is 0 Å². The van der Waals surface area contributed by atoms with E-state index >= 15 is 0 Å². The molecule has 1 aliphatic heterocycles. The van der Waals surface area contributed by atoms with E-state index in [9.17, 15) is 0 Å². The molecular formula is C35H33IN2O2. The van der Waals surface area contributed by atoms with Crippen LogP contribution in [-0.2, 0) is 6.54 Å². The number of aryl methyl sites for hydroxylation is 1. The Labute approximate surface area is 253 Å². The van der Waals surface area contributed by atoms with Crippen molar-refractivity contribution in [3.05, 3.63) is 120 Å². The number of aromatic nitrogens is 1. The fourth-order valence-electron chi connectivity index (χ4n) is 5.25. The highest BCUT2D eigenvalue weighted by Gasteiger charge is 2.26. The van der Waals surface area contributed by atoms with Crippen molar-refractivity contribution in [3.63, 3.8) is 0 Å². The van der Waals surface area contributed by atoms with Gasteiger partial charge in [0.1, 0.15) is 6.54 Å². The van der Waals surface area contributed by atoms with Crippen molar-refractivity contribution < 1.29 is 37.7 Å². The standard InChI is InChI=1S/C35H33N2O2.HI/c1-4-25(21-34-36(5-2)30-23-28(17-19-32(30)38-34)26-13-9-7-10-14-26)22-35-37(6-3)31-24-29(18-20-33(31)39-35)27-15-11-8-12-16-27;/h7-24H,4-6H2,1-3H3;1H/q+1;/p-1. The number of anilines is 1. The van der Waals surface area contributed by atoms with E-state index in [4.69, 9.17) is 9.15 Å². The predicted octanol–water partition coefficient (Wildman–Crippen LogP) is 5.63. The zero-order valence-electron chi connectivity index (χ0n) is 23.1. The molecule has 0 saturated heterocycles. The Morgan fingerprint density at radius 3 is 2.05 bits per heavy atom. The molecule has 0 bridgehead atoms. The molecule has 1 aliphatic rings. The van der Waals surface area contributed by atoms with Gasteiger partial charge in [-0.3, -0.25) is 0 Å². The van der Waals surface area contributed by atoms with Crippen LogP contribution in [0.25, 0.3) is 39.4 Å². The Morgan fingerprint density at radius 2 is 1.43 bits per heavy atom. The van der Waals surface area contributed by atoms with E-state index in [2.05, 4.69) is 127 Å². The van der Waals surface area contributed by atoms with Crippen molar-refractivity contribution in [2.75, 3.05) is 11.4 Å². The van der Waals surface area contributed by atoms with Crippen molar-refractivity contribution in [1.29, 1.82) is 0 Å². The van der Waals surface area contributed by atoms with Crippen LogP contribution in [0.15, 0.2) is 119 Å². The van der Waals surface area contributed by atoms with E-state index in [1.807, 2.05) is 12.1 Å². The Morgan fingerprint density at radius 1 is 0.775 bits per heavy atom. The summed E-state index contributed by atoms with van der Waals surface area (Å²) in [5.74, 6) is 2.58. The van der Waals surface area contributed by atoms with Crippen LogP contribution in [0.5, 0.6) is 5.75 Å². The quantitative estimate of drug-likeness (QED) is 0.171. The highest BCUT2D eigenvalue weighted by molar-refractivity contribution is 5.79. The summed E-state index contributed by atoms with van der Waals surface area (Å²) in [5.41, 5.74) is 9.00. The van der Waals surface area contributed by atoms with E-state index in [-0.39, 0.29) is 24.0 Å². The maximum atomic E-state index is 6.36. The van der Waals surface area contributed by atoms with Crippen molar-refractivity contribution in [2.24, 2.45) is 0 Å². The van der Waals surface area contributed by atoms with Gasteiger partial charge in [0.2, 0.25) is 11.5 Å². The third-order valence-corrected chi connectivity index (χ3v) is 7.33. The Bertz CT molecular complexity index is 1690. The number of halogens is 1. The molecule has 0 atom stereocenters. The van der Waals surface area contributed by atoms with Crippen LogP contribution in [0.4, 0.5) is 5.69 Å². The molecule has 0 radical (unpaired) electrons. The Balaban J connectivity index is 0.00000323. The van der Waals surface area contributed by atoms with Gasteiger partial charge in [-0.25, -0.2) is 0 Å². The first kappa shape index (κ1) is 27.7. The number of ether oxygens (including phenoxy) is 1. The highest BCUT2D eigenvalue weighted by Crippen LogP contribution is 2.42. The molecule has 4 nitrogen and oxygen atoms in total. The molecule has 5 heteroatoms. The molecule has 40 heavy (non-hydrogen) atoms. The van der Waals surface area contributed by atoms with E-state index in [0.29, 0.717) is 0 Å². The average Bonchev–Trinajstić information content (AvgIpc) is 3.53. The molecule has 0 amide bonds. The largest absolute Gasteiger partial charge is 1.00 e. The fraction of sp³-hybridized carbons (Fsp3) is 0.171. The van der Waals surface area contributed by atoms with Crippen LogP contribution in [0.2, 0.25) is 0 Å². The van der Waals surface area contributed by atoms with Crippen LogP contribution < -0.4 is 38.2 Å². The van der Waals surface area contributed by atoms with E-state index in [1.165, 1.54) is 22.3 Å². The number of hydrogen-bond acceptors (Lipinski definition) is 3. The van der Waals surface area contributed by atoms with Crippen LogP contribution in [0.1, 0.15) is 33.1 Å². The summed E-state index contributed by atoms with van der Waals surface area (Å²) in [6, 6.07) is 33.8. The maximum absolute atomic E-state index is 6.36. The zero-order valence-corrected chi connectivity index (χ0v) is 25.3. The van der Waals surface area contributed by atoms with Gasteiger partial charge in [-0.1, -0.05) is 79.7 Å². The van der Waals surface area contributed by atoms with Gasteiger partial charge in [-0.2, -0.15) is 4.57 Å². The summed E-state index contributed by atoms with van der Waals surface area (Å²) in [4.78, 5) is 2.24. The molecule has 0 saturated carbocycles. The van der Waals surface area contributed by atoms with Crippen molar-refractivity contribution >= 4 is 22.9 Å². The summed E-state index contributed by atoms with van der Waals surface area (Å²) < 4.78 is 15.0. The van der Waals surface area contributed by atoms with Crippen molar-refractivity contribution in [1.82, 2.24) is 0 Å². The SMILES string of the molecule is CCC(=Cc1oc2ccc(-c3ccccc3)cc2[n+]1CC)C=C1Oc2ccc(-c3ccccc3)cc2N1CC.[I-]. The minimum absolute atomic E-state index is 0. The first-order chi connectivity index (χ1) is 19.2. The van der Waals surface area contributed by atoms with Crippen LogP contribution in [0.3, 0.4) is 0 Å². The molecule has 1 aromatic heterocycles. The van der Waals surface area contributed by atoms with Gasteiger partial charge in [-0.05, 0) is 66.3 Å². The Hall–Kier alpha value is -3.84. The monoisotopic (exact) mass is 640 g/mol. The molecule has 5 aromatic rings. The lowest BCUT2D eigenvalue weighted by Gasteiger charge is -2.16.